The molecule has 8 heteroatoms. The van der Waals surface area contributed by atoms with Crippen molar-refractivity contribution >= 4 is 17.5 Å². The lowest BCUT2D eigenvalue weighted by Crippen LogP contribution is -2.29. The van der Waals surface area contributed by atoms with Crippen LogP contribution < -0.4 is 11.2 Å². The maximum atomic E-state index is 11.5. The minimum atomic E-state index is -0.727. The number of carbonyl (C=O) groups is 2. The first-order valence-corrected chi connectivity index (χ1v) is 4.87. The van der Waals surface area contributed by atoms with Gasteiger partial charge in [0.15, 0.2) is 6.61 Å². The van der Waals surface area contributed by atoms with Gasteiger partial charge < -0.3 is 5.73 Å². The molecule has 96 valence electrons. The van der Waals surface area contributed by atoms with E-state index in [1.165, 1.54) is 25.1 Å². The number of nitrogens with one attached hydrogen (secondary N) is 1. The molecule has 0 fully saturated rings. The number of benzene rings is 1. The Balaban J connectivity index is 2.72. The number of nitro benzene ring substituents is 1. The van der Waals surface area contributed by atoms with Crippen LogP contribution in [0.15, 0.2) is 18.2 Å². The first-order valence-electron chi connectivity index (χ1n) is 4.87. The van der Waals surface area contributed by atoms with Gasteiger partial charge in [0.2, 0.25) is 5.91 Å². The molecule has 0 spiro atoms. The average molecular weight is 253 g/mol. The zero-order chi connectivity index (χ0) is 13.7. The molecule has 0 aliphatic heterocycles. The van der Waals surface area contributed by atoms with E-state index in [-0.39, 0.29) is 11.3 Å². The second-order valence-corrected chi connectivity index (χ2v) is 3.44. The van der Waals surface area contributed by atoms with Gasteiger partial charge in [-0.25, -0.2) is 5.48 Å². The molecular weight excluding hydrogens is 242 g/mol. The van der Waals surface area contributed by atoms with Crippen LogP contribution in [0.25, 0.3) is 0 Å². The smallest absolute Gasteiger partial charge is 0.274 e. The lowest BCUT2D eigenvalue weighted by molar-refractivity contribution is -0.385. The summed E-state index contributed by atoms with van der Waals surface area (Å²) in [6.45, 7) is 1.07. The highest BCUT2D eigenvalue weighted by atomic mass is 16.7. The van der Waals surface area contributed by atoms with Gasteiger partial charge in [0.25, 0.3) is 11.6 Å². The summed E-state index contributed by atoms with van der Waals surface area (Å²) in [6.07, 6.45) is 0. The number of primary amides is 1. The summed E-state index contributed by atoms with van der Waals surface area (Å²) < 4.78 is 0. The van der Waals surface area contributed by atoms with E-state index in [0.29, 0.717) is 5.56 Å². The summed E-state index contributed by atoms with van der Waals surface area (Å²) in [5, 5.41) is 10.6. The molecule has 0 aliphatic carbocycles. The number of hydrogen-bond donors (Lipinski definition) is 2. The van der Waals surface area contributed by atoms with E-state index >= 15 is 0 Å². The summed E-state index contributed by atoms with van der Waals surface area (Å²) in [4.78, 5) is 36.4. The molecule has 0 aliphatic rings. The van der Waals surface area contributed by atoms with Crippen LogP contribution in [0, 0.1) is 17.0 Å². The van der Waals surface area contributed by atoms with Crippen molar-refractivity contribution in [3.8, 4) is 0 Å². The summed E-state index contributed by atoms with van der Waals surface area (Å²) in [7, 11) is 0. The van der Waals surface area contributed by atoms with Crippen molar-refractivity contribution < 1.29 is 19.3 Å². The Morgan fingerprint density at radius 3 is 2.67 bits per heavy atom. The van der Waals surface area contributed by atoms with E-state index in [4.69, 9.17) is 5.73 Å². The number of aryl methyl sites for hydroxylation is 1. The number of carbonyl (C=O) groups excluding carboxylic acids is 2. The topological polar surface area (TPSA) is 125 Å². The highest BCUT2D eigenvalue weighted by Gasteiger charge is 2.13. The molecule has 3 N–H and O–H groups in total. The molecule has 1 aromatic rings. The Morgan fingerprint density at radius 2 is 2.17 bits per heavy atom. The van der Waals surface area contributed by atoms with E-state index < -0.39 is 23.3 Å². The maximum absolute atomic E-state index is 11.5. The maximum Gasteiger partial charge on any atom is 0.274 e. The van der Waals surface area contributed by atoms with Gasteiger partial charge in [-0.2, -0.15) is 0 Å². The van der Waals surface area contributed by atoms with E-state index in [0.717, 1.165) is 0 Å². The number of amides is 2. The molecule has 1 rings (SSSR count). The molecule has 0 heterocycles. The lowest BCUT2D eigenvalue weighted by atomic mass is 10.1. The molecule has 1 aromatic carbocycles. The third kappa shape index (κ3) is 3.52. The number of hydroxylamine groups is 1. The lowest BCUT2D eigenvalue weighted by Gasteiger charge is -2.05. The van der Waals surface area contributed by atoms with Crippen LogP contribution in [0.3, 0.4) is 0 Å². The van der Waals surface area contributed by atoms with Gasteiger partial charge in [0, 0.05) is 17.2 Å². The Kier molecular flexibility index (Phi) is 4.33. The molecule has 0 saturated heterocycles. The molecule has 0 saturated carbocycles. The first-order chi connectivity index (χ1) is 8.41. The highest BCUT2D eigenvalue weighted by molar-refractivity contribution is 5.94. The summed E-state index contributed by atoms with van der Waals surface area (Å²) in [5.74, 6) is -1.34. The van der Waals surface area contributed by atoms with Gasteiger partial charge in [-0.3, -0.25) is 24.5 Å². The van der Waals surface area contributed by atoms with Gasteiger partial charge in [0.05, 0.1) is 4.92 Å². The third-order valence-corrected chi connectivity index (χ3v) is 2.03. The molecule has 0 radical (unpaired) electrons. The standard InChI is InChI=1S/C10H11N3O5/c1-6-4-7(2-3-8(6)13(16)17)10(15)12-18-5-9(11)14/h2-4H,5H2,1H3,(H2,11,14)(H,12,15). The van der Waals surface area contributed by atoms with Gasteiger partial charge in [0.1, 0.15) is 0 Å². The molecule has 8 nitrogen and oxygen atoms in total. The molecule has 0 unspecified atom stereocenters. The number of rotatable bonds is 5. The van der Waals surface area contributed by atoms with Crippen molar-refractivity contribution in [2.75, 3.05) is 6.61 Å². The van der Waals surface area contributed by atoms with Crippen LogP contribution >= 0.6 is 0 Å². The fourth-order valence-corrected chi connectivity index (χ4v) is 1.23. The van der Waals surface area contributed by atoms with Crippen molar-refractivity contribution in [2.24, 2.45) is 5.73 Å². The Bertz CT molecular complexity index is 500. The van der Waals surface area contributed by atoms with Crippen LogP contribution in [0.4, 0.5) is 5.69 Å². The van der Waals surface area contributed by atoms with E-state index in [2.05, 4.69) is 4.84 Å². The molecule has 18 heavy (non-hydrogen) atoms. The number of nitro groups is 1. The van der Waals surface area contributed by atoms with Crippen LogP contribution in [0.1, 0.15) is 15.9 Å². The Labute approximate surface area is 102 Å². The molecule has 2 amide bonds. The van der Waals surface area contributed by atoms with E-state index in [1.54, 1.807) is 0 Å². The number of nitrogens with two attached hydrogens (primary N) is 1. The van der Waals surface area contributed by atoms with Gasteiger partial charge in [-0.1, -0.05) is 0 Å². The average Bonchev–Trinajstić information content (AvgIpc) is 2.27. The quantitative estimate of drug-likeness (QED) is 0.566. The van der Waals surface area contributed by atoms with Gasteiger partial charge >= 0.3 is 0 Å². The second-order valence-electron chi connectivity index (χ2n) is 3.44. The predicted octanol–water partition coefficient (Wildman–Crippen LogP) is 0.0499. The van der Waals surface area contributed by atoms with Crippen LogP contribution in [-0.2, 0) is 9.63 Å². The zero-order valence-corrected chi connectivity index (χ0v) is 9.50. The first kappa shape index (κ1) is 13.6. The van der Waals surface area contributed by atoms with Crippen molar-refractivity contribution in [2.45, 2.75) is 6.92 Å². The number of nitrogens with zero attached hydrogens (tertiary/aromatic N) is 1. The van der Waals surface area contributed by atoms with Crippen LogP contribution in [0.5, 0.6) is 0 Å². The van der Waals surface area contributed by atoms with Crippen molar-refractivity contribution in [3.63, 3.8) is 0 Å². The fraction of sp³-hybridized carbons (Fsp3) is 0.200. The largest absolute Gasteiger partial charge is 0.368 e. The number of hydrogen-bond acceptors (Lipinski definition) is 5. The van der Waals surface area contributed by atoms with Gasteiger partial charge in [-0.15, -0.1) is 0 Å². The van der Waals surface area contributed by atoms with Gasteiger partial charge in [-0.05, 0) is 19.1 Å². The normalized spacial score (nSPS) is 9.83. The van der Waals surface area contributed by atoms with Crippen LogP contribution in [0.2, 0.25) is 0 Å². The minimum Gasteiger partial charge on any atom is -0.368 e. The van der Waals surface area contributed by atoms with E-state index in [1.807, 2.05) is 5.48 Å². The monoisotopic (exact) mass is 253 g/mol. The van der Waals surface area contributed by atoms with Crippen LogP contribution in [-0.4, -0.2) is 23.3 Å². The fourth-order valence-electron chi connectivity index (χ4n) is 1.23. The highest BCUT2D eigenvalue weighted by Crippen LogP contribution is 2.18. The summed E-state index contributed by atoms with van der Waals surface area (Å²) >= 11 is 0. The zero-order valence-electron chi connectivity index (χ0n) is 9.50. The van der Waals surface area contributed by atoms with E-state index in [9.17, 15) is 19.7 Å². The Hall–Kier alpha value is -2.48. The molecule has 0 aromatic heterocycles. The Morgan fingerprint density at radius 1 is 1.50 bits per heavy atom. The van der Waals surface area contributed by atoms with Crippen molar-refractivity contribution in [1.82, 2.24) is 5.48 Å². The molecule has 0 bridgehead atoms. The van der Waals surface area contributed by atoms with Crippen molar-refractivity contribution in [3.05, 3.63) is 39.4 Å². The summed E-state index contributed by atoms with van der Waals surface area (Å²) in [6, 6.07) is 3.85. The molecular formula is C10H11N3O5. The second kappa shape index (κ2) is 5.73. The van der Waals surface area contributed by atoms with Crippen molar-refractivity contribution in [1.29, 1.82) is 0 Å². The minimum absolute atomic E-state index is 0.0791. The summed E-state index contributed by atoms with van der Waals surface area (Å²) in [5.41, 5.74) is 7.25. The third-order valence-electron chi connectivity index (χ3n) is 2.03. The SMILES string of the molecule is Cc1cc(C(=O)NOCC(N)=O)ccc1[N+](=O)[O-]. The molecule has 0 atom stereocenters. The predicted molar refractivity (Wildman–Crippen MR) is 60.4 cm³/mol.